The minimum absolute atomic E-state index is 0.0373. The molecule has 124 heavy (non-hydrogen) atoms. The first-order chi connectivity index (χ1) is 60.0. The summed E-state index contributed by atoms with van der Waals surface area (Å²) >= 11 is 6.69. The van der Waals surface area contributed by atoms with E-state index in [0.717, 1.165) is 198 Å². The lowest BCUT2D eigenvalue weighted by Gasteiger charge is -2.14. The Morgan fingerprint density at radius 1 is 0.339 bits per heavy atom. The van der Waals surface area contributed by atoms with Gasteiger partial charge in [0.05, 0.1) is 47.2 Å². The zero-order valence-electron chi connectivity index (χ0n) is 69.8. The van der Waals surface area contributed by atoms with E-state index in [1.807, 2.05) is 61.9 Å². The molecule has 4 fully saturated rings. The van der Waals surface area contributed by atoms with Gasteiger partial charge in [0.1, 0.15) is 70.4 Å². The van der Waals surface area contributed by atoms with Crippen LogP contribution >= 0.6 is 45.3 Å². The van der Waals surface area contributed by atoms with Crippen LogP contribution in [0.5, 0.6) is 23.0 Å². The molecule has 20 rings (SSSR count). The Morgan fingerprint density at radius 2 is 0.548 bits per heavy atom. The monoisotopic (exact) mass is 1730 g/mol. The van der Waals surface area contributed by atoms with Crippen molar-refractivity contribution in [3.63, 3.8) is 0 Å². The zero-order valence-corrected chi connectivity index (χ0v) is 73.1. The third kappa shape index (κ3) is 15.3. The molecule has 4 aliphatic rings. The molecule has 4 aromatic carbocycles. The molecule has 0 radical (unpaired) electrons. The maximum atomic E-state index is 12.1. The highest BCUT2D eigenvalue weighted by Crippen LogP contribution is 2.50. The second-order valence-corrected chi connectivity index (χ2v) is 35.6. The summed E-state index contributed by atoms with van der Waals surface area (Å²) in [5.41, 5.74) is 41.2. The summed E-state index contributed by atoms with van der Waals surface area (Å²) in [5, 5.41) is 22.6. The third-order valence-corrected chi connectivity index (χ3v) is 28.5. The molecule has 12 aromatic heterocycles. The Bertz CT molecular complexity index is 6180. The van der Waals surface area contributed by atoms with Crippen LogP contribution in [0.4, 0.5) is 23.3 Å². The standard InChI is InChI=1S/4C23H23N5O2S/c4*1-4-20(29)27-6-5-14(11-27)17-10-16(21-23(24)25-12-26-28(17)21)19-9-15-7-13(2)8-18(30-3)22(15)31-19/h4*4,7-10,12,14H,1,5-6,11H2,2-3H3,(H2,24,25,26)/t4*14-/m1100/s1. The fourth-order valence-corrected chi connectivity index (χ4v) is 22.4. The lowest BCUT2D eigenvalue weighted by atomic mass is 10.0. The van der Waals surface area contributed by atoms with Crippen LogP contribution in [0.3, 0.4) is 0 Å². The Morgan fingerprint density at radius 3 is 0.742 bits per heavy atom. The minimum atomic E-state index is -0.0373. The summed E-state index contributed by atoms with van der Waals surface area (Å²) in [6, 6.07) is 34.1. The Balaban J connectivity index is 0.000000117. The van der Waals surface area contributed by atoms with Crippen LogP contribution in [-0.4, -0.2) is 182 Å². The van der Waals surface area contributed by atoms with E-state index < -0.39 is 0 Å². The van der Waals surface area contributed by atoms with Gasteiger partial charge in [-0.15, -0.1) is 45.3 Å². The average Bonchev–Trinajstić information content (AvgIpc) is 1.61. The minimum Gasteiger partial charge on any atom is -0.495 e. The van der Waals surface area contributed by atoms with Crippen LogP contribution in [0.15, 0.2) is 173 Å². The predicted octanol–water partition coefficient (Wildman–Crippen LogP) is 16.0. The molecule has 0 spiro atoms. The SMILES string of the molecule is C=CC(=O)N1CC[C@@H](c2cc(-c3cc4cc(C)cc(OC)c4s3)c3c(N)ncnn23)C1.C=CC(=O)N1CC[C@@H](c2cc(-c3cc4cc(C)cc(OC)c4s3)c3c(N)ncnn23)C1.C=CC(=O)N1CC[C@H](c2cc(-c3cc4cc(C)cc(OC)c4s3)c3c(N)ncnn23)C1.C=CC(=O)N1CC[C@H](c2cc(-c3cc4cc(C)cc(OC)c4s3)c3c(N)ncnn23)C1. The first-order valence-electron chi connectivity index (χ1n) is 40.5. The van der Waals surface area contributed by atoms with Gasteiger partial charge in [-0.1, -0.05) is 50.6 Å². The maximum absolute atomic E-state index is 12.1. The van der Waals surface area contributed by atoms with E-state index in [1.165, 1.54) is 49.6 Å². The van der Waals surface area contributed by atoms with Crippen molar-refractivity contribution < 1.29 is 38.1 Å². The van der Waals surface area contributed by atoms with E-state index in [4.69, 9.17) is 41.9 Å². The summed E-state index contributed by atoms with van der Waals surface area (Å²) in [6.45, 7) is 28.1. The van der Waals surface area contributed by atoms with E-state index in [2.05, 4.69) is 167 Å². The van der Waals surface area contributed by atoms with Crippen LogP contribution in [-0.2, 0) is 19.2 Å². The number of amides is 4. The fraction of sp³-hybridized carbons (Fsp3) is 0.261. The molecule has 16 aromatic rings. The number of ether oxygens (including phenoxy) is 4. The lowest BCUT2D eigenvalue weighted by molar-refractivity contribution is -0.125. The predicted molar refractivity (Wildman–Crippen MR) is 495 cm³/mol. The molecule has 32 heteroatoms. The second kappa shape index (κ2) is 34.0. The maximum Gasteiger partial charge on any atom is 0.245 e. The van der Waals surface area contributed by atoms with E-state index in [0.29, 0.717) is 75.6 Å². The number of likely N-dealkylation sites (tertiary alicyclic amines) is 4. The molecule has 0 unspecified atom stereocenters. The summed E-state index contributed by atoms with van der Waals surface area (Å²) in [7, 11) is 6.78. The van der Waals surface area contributed by atoms with Crippen molar-refractivity contribution in [3.05, 3.63) is 218 Å². The normalized spacial score (nSPS) is 16.3. The fourth-order valence-electron chi connectivity index (χ4n) is 17.8. The number of benzene rings is 4. The first kappa shape index (κ1) is 82.7. The summed E-state index contributed by atoms with van der Waals surface area (Å²) in [4.78, 5) is 76.9. The van der Waals surface area contributed by atoms with Crippen molar-refractivity contribution in [3.8, 4) is 64.8 Å². The first-order valence-corrected chi connectivity index (χ1v) is 43.7. The van der Waals surface area contributed by atoms with Crippen molar-refractivity contribution in [2.75, 3.05) is 104 Å². The number of nitrogens with two attached hydrogens (primary N) is 4. The van der Waals surface area contributed by atoms with Gasteiger partial charge in [-0.2, -0.15) is 20.4 Å². The highest BCUT2D eigenvalue weighted by molar-refractivity contribution is 7.24. The molecule has 4 saturated heterocycles. The molecule has 0 aliphatic carbocycles. The number of aromatic nitrogens is 12. The highest BCUT2D eigenvalue weighted by atomic mass is 32.1. The topological polar surface area (TPSA) is 343 Å². The Hall–Kier alpha value is -13.6. The number of nitrogens with zero attached hydrogens (tertiary/aromatic N) is 16. The van der Waals surface area contributed by atoms with Gasteiger partial charge in [-0.25, -0.2) is 38.0 Å². The van der Waals surface area contributed by atoms with Crippen LogP contribution in [0.1, 0.15) is 94.4 Å². The van der Waals surface area contributed by atoms with E-state index in [9.17, 15) is 19.2 Å². The van der Waals surface area contributed by atoms with Gasteiger partial charge in [0, 0.05) is 141 Å². The Kier molecular flexibility index (Phi) is 22.7. The molecular formula is C92H92N20O8S4. The quantitative estimate of drug-likeness (QED) is 0.0653. The summed E-state index contributed by atoms with van der Waals surface area (Å²) in [5.74, 6) is 5.77. The molecule has 16 heterocycles. The summed E-state index contributed by atoms with van der Waals surface area (Å²) in [6.07, 6.45) is 14.9. The van der Waals surface area contributed by atoms with Gasteiger partial charge in [-0.05, 0) is 194 Å². The number of fused-ring (bicyclic) bond motifs is 8. The largest absolute Gasteiger partial charge is 0.495 e. The third-order valence-electron chi connectivity index (χ3n) is 23.7. The van der Waals surface area contributed by atoms with E-state index >= 15 is 0 Å². The number of methoxy groups -OCH3 is 4. The molecule has 8 N–H and O–H groups in total. The molecule has 28 nitrogen and oxygen atoms in total. The Labute approximate surface area is 729 Å². The van der Waals surface area contributed by atoms with Crippen LogP contribution in [0, 0.1) is 27.7 Å². The van der Waals surface area contributed by atoms with Gasteiger partial charge in [-0.3, -0.25) is 19.2 Å². The van der Waals surface area contributed by atoms with Gasteiger partial charge in [0.2, 0.25) is 23.6 Å². The lowest BCUT2D eigenvalue weighted by Crippen LogP contribution is -2.26. The zero-order chi connectivity index (χ0) is 86.8. The van der Waals surface area contributed by atoms with Crippen LogP contribution < -0.4 is 41.9 Å². The highest BCUT2D eigenvalue weighted by Gasteiger charge is 2.36. The van der Waals surface area contributed by atoms with E-state index in [-0.39, 0.29) is 47.3 Å². The molecule has 0 saturated carbocycles. The van der Waals surface area contributed by atoms with Crippen LogP contribution in [0.25, 0.3) is 104 Å². The second-order valence-electron chi connectivity index (χ2n) is 31.4. The number of nitrogen functional groups attached to an aromatic ring is 4. The van der Waals surface area contributed by atoms with Gasteiger partial charge in [0.25, 0.3) is 0 Å². The van der Waals surface area contributed by atoms with Crippen molar-refractivity contribution in [2.24, 2.45) is 0 Å². The average molecular weight is 1730 g/mol. The number of thiophene rings is 4. The molecular weight excluding hydrogens is 1640 g/mol. The van der Waals surface area contributed by atoms with Gasteiger partial charge < -0.3 is 61.5 Å². The number of hydrogen-bond donors (Lipinski definition) is 4. The number of aryl methyl sites for hydroxylation is 4. The number of rotatable bonds is 16. The molecule has 0 bridgehead atoms. The molecule has 4 aliphatic heterocycles. The van der Waals surface area contributed by atoms with Crippen molar-refractivity contribution in [1.29, 1.82) is 0 Å². The van der Waals surface area contributed by atoms with Crippen molar-refractivity contribution in [2.45, 2.75) is 77.0 Å². The van der Waals surface area contributed by atoms with Crippen LogP contribution in [0.2, 0.25) is 0 Å². The molecule has 4 amide bonds. The summed E-state index contributed by atoms with van der Waals surface area (Å²) < 4.78 is 34.4. The van der Waals surface area contributed by atoms with Gasteiger partial charge >= 0.3 is 0 Å². The molecule has 4 atom stereocenters. The number of hydrogen-bond acceptors (Lipinski definition) is 24. The molecule has 632 valence electrons. The van der Waals surface area contributed by atoms with Gasteiger partial charge in [0.15, 0.2) is 23.3 Å². The number of carbonyl (C=O) groups excluding carboxylic acids is 4. The number of anilines is 4. The van der Waals surface area contributed by atoms with Crippen molar-refractivity contribution in [1.82, 2.24) is 78.0 Å². The van der Waals surface area contributed by atoms with E-state index in [1.54, 1.807) is 73.8 Å². The number of carbonyl (C=O) groups is 4. The smallest absolute Gasteiger partial charge is 0.245 e. The van der Waals surface area contributed by atoms with Crippen molar-refractivity contribution >= 4 is 155 Å².